The van der Waals surface area contributed by atoms with Crippen LogP contribution in [0.1, 0.15) is 77.6 Å². The van der Waals surface area contributed by atoms with E-state index in [1.165, 1.54) is 57.8 Å². The van der Waals surface area contributed by atoms with Crippen molar-refractivity contribution in [3.63, 3.8) is 0 Å². The molecule has 0 atom stereocenters. The zero-order valence-corrected chi connectivity index (χ0v) is 16.2. The fraction of sp³-hybridized carbons (Fsp3) is 0.727. The second-order valence-electron chi connectivity index (χ2n) is 8.30. The summed E-state index contributed by atoms with van der Waals surface area (Å²) in [7, 11) is -1.23. The van der Waals surface area contributed by atoms with Gasteiger partial charge in [-0.3, -0.25) is 0 Å². The van der Waals surface area contributed by atoms with E-state index in [0.717, 1.165) is 11.5 Å². The summed E-state index contributed by atoms with van der Waals surface area (Å²) < 4.78 is 0. The van der Waals surface area contributed by atoms with Gasteiger partial charge in [0.15, 0.2) is 0 Å². The highest BCUT2D eigenvalue weighted by Gasteiger charge is 2.44. The Morgan fingerprint density at radius 3 is 2.22 bits per heavy atom. The molecule has 23 heavy (non-hydrogen) atoms. The normalized spacial score (nSPS) is 27.7. The second kappa shape index (κ2) is 8.51. The zero-order valence-electron chi connectivity index (χ0n) is 15.2. The van der Waals surface area contributed by atoms with Crippen molar-refractivity contribution in [3.05, 3.63) is 30.3 Å². The van der Waals surface area contributed by atoms with Gasteiger partial charge in [0.05, 0.1) is 8.07 Å². The van der Waals surface area contributed by atoms with Gasteiger partial charge in [-0.15, -0.1) is 0 Å². The average Bonchev–Trinajstić information content (AvgIpc) is 2.64. The molecule has 1 aromatic rings. The summed E-state index contributed by atoms with van der Waals surface area (Å²) in [6.45, 7) is 2.33. The Bertz CT molecular complexity index is 438. The van der Waals surface area contributed by atoms with Gasteiger partial charge in [0.2, 0.25) is 0 Å². The molecule has 2 fully saturated rings. The van der Waals surface area contributed by atoms with Crippen molar-refractivity contribution >= 4 is 13.3 Å². The molecule has 1 aliphatic heterocycles. The molecule has 1 saturated carbocycles. The fourth-order valence-corrected chi connectivity index (χ4v) is 11.7. The maximum absolute atomic E-state index is 2.49. The van der Waals surface area contributed by atoms with E-state index < -0.39 is 8.07 Å². The molecule has 0 aromatic heterocycles. The van der Waals surface area contributed by atoms with E-state index >= 15 is 0 Å². The molecule has 0 amide bonds. The first kappa shape index (κ1) is 17.3. The van der Waals surface area contributed by atoms with Crippen LogP contribution in [0.15, 0.2) is 30.3 Å². The minimum Gasteiger partial charge on any atom is -0.0654 e. The van der Waals surface area contributed by atoms with Crippen LogP contribution in [0.2, 0.25) is 17.6 Å². The van der Waals surface area contributed by atoms with Crippen molar-refractivity contribution in [2.24, 2.45) is 5.92 Å². The van der Waals surface area contributed by atoms with Crippen LogP contribution in [-0.2, 0) is 0 Å². The maximum Gasteiger partial charge on any atom is 0.0897 e. The molecule has 2 aliphatic rings. The molecular formula is C22H36Si. The first-order valence-corrected chi connectivity index (χ1v) is 12.9. The highest BCUT2D eigenvalue weighted by atomic mass is 28.3. The molecule has 1 heterocycles. The van der Waals surface area contributed by atoms with E-state index in [9.17, 15) is 0 Å². The lowest BCUT2D eigenvalue weighted by atomic mass is 9.85. The number of unbranched alkanes of at least 4 members (excludes halogenated alkanes) is 2. The van der Waals surface area contributed by atoms with Crippen LogP contribution >= 0.6 is 0 Å². The Morgan fingerprint density at radius 2 is 1.57 bits per heavy atom. The molecule has 1 saturated heterocycles. The monoisotopic (exact) mass is 328 g/mol. The maximum atomic E-state index is 2.49. The lowest BCUT2D eigenvalue weighted by Gasteiger charge is -2.45. The highest BCUT2D eigenvalue weighted by Crippen LogP contribution is 2.46. The predicted octanol–water partition coefficient (Wildman–Crippen LogP) is 6.67. The third kappa shape index (κ3) is 4.10. The molecule has 0 nitrogen and oxygen atoms in total. The third-order valence-corrected chi connectivity index (χ3v) is 13.1. The van der Waals surface area contributed by atoms with Gasteiger partial charge in [0, 0.05) is 0 Å². The van der Waals surface area contributed by atoms with Crippen molar-refractivity contribution in [2.45, 2.75) is 95.2 Å². The summed E-state index contributed by atoms with van der Waals surface area (Å²) in [6.07, 6.45) is 16.5. The molecule has 0 spiro atoms. The van der Waals surface area contributed by atoms with Gasteiger partial charge in [0.1, 0.15) is 0 Å². The van der Waals surface area contributed by atoms with Gasteiger partial charge >= 0.3 is 0 Å². The van der Waals surface area contributed by atoms with Crippen molar-refractivity contribution in [1.82, 2.24) is 0 Å². The van der Waals surface area contributed by atoms with E-state index in [2.05, 4.69) is 37.3 Å². The molecule has 0 bridgehead atoms. The van der Waals surface area contributed by atoms with E-state index in [-0.39, 0.29) is 0 Å². The first-order chi connectivity index (χ1) is 11.3. The predicted molar refractivity (Wildman–Crippen MR) is 105 cm³/mol. The van der Waals surface area contributed by atoms with Crippen molar-refractivity contribution in [1.29, 1.82) is 0 Å². The Kier molecular flexibility index (Phi) is 6.39. The van der Waals surface area contributed by atoms with Crippen LogP contribution in [-0.4, -0.2) is 8.07 Å². The van der Waals surface area contributed by atoms with Gasteiger partial charge in [-0.25, -0.2) is 0 Å². The van der Waals surface area contributed by atoms with Crippen LogP contribution in [0.5, 0.6) is 0 Å². The Balaban J connectivity index is 1.65. The molecule has 3 rings (SSSR count). The SMILES string of the molecule is CCCCC[C@H]1CC[C@H]([Si]2(c3ccccc3)CCCCC2)CC1. The molecule has 1 aliphatic carbocycles. The van der Waals surface area contributed by atoms with Gasteiger partial charge in [-0.2, -0.15) is 0 Å². The summed E-state index contributed by atoms with van der Waals surface area (Å²) in [5.41, 5.74) is 1.09. The van der Waals surface area contributed by atoms with E-state index in [1.807, 2.05) is 0 Å². The standard InChI is InChI=1S/C22H36Si/c1-2-3-6-11-20-14-16-22(17-15-20)23(18-9-5-10-19-23)21-12-7-4-8-13-21/h4,7-8,12-13,20,22H,2-3,5-6,9-11,14-19H2,1H3/t20-,22-. The van der Waals surface area contributed by atoms with E-state index in [4.69, 9.17) is 0 Å². The topological polar surface area (TPSA) is 0 Å². The molecule has 128 valence electrons. The Hall–Kier alpha value is -0.563. The first-order valence-electron chi connectivity index (χ1n) is 10.4. The minimum atomic E-state index is -1.23. The molecule has 0 unspecified atom stereocenters. The smallest absolute Gasteiger partial charge is 0.0654 e. The summed E-state index contributed by atoms with van der Waals surface area (Å²) >= 11 is 0. The van der Waals surface area contributed by atoms with Gasteiger partial charge < -0.3 is 0 Å². The third-order valence-electron chi connectivity index (χ3n) is 6.94. The Morgan fingerprint density at radius 1 is 0.870 bits per heavy atom. The molecule has 1 heteroatoms. The number of rotatable bonds is 6. The zero-order chi connectivity index (χ0) is 16.0. The van der Waals surface area contributed by atoms with Crippen molar-refractivity contribution < 1.29 is 0 Å². The minimum absolute atomic E-state index is 1.06. The Labute approximate surface area is 145 Å². The lowest BCUT2D eigenvalue weighted by molar-refractivity contribution is 0.324. The van der Waals surface area contributed by atoms with Gasteiger partial charge in [-0.1, -0.05) is 125 Å². The summed E-state index contributed by atoms with van der Waals surface area (Å²) in [5, 5.41) is 1.80. The molecule has 0 radical (unpaired) electrons. The number of benzene rings is 1. The van der Waals surface area contributed by atoms with Crippen LogP contribution in [0.25, 0.3) is 0 Å². The summed E-state index contributed by atoms with van der Waals surface area (Å²) in [5.74, 6) is 1.06. The molecule has 0 N–H and O–H groups in total. The van der Waals surface area contributed by atoms with Crippen LogP contribution in [0.3, 0.4) is 0 Å². The fourth-order valence-electron chi connectivity index (χ4n) is 5.57. The second-order valence-corrected chi connectivity index (χ2v) is 13.0. The quantitative estimate of drug-likeness (QED) is 0.404. The summed E-state index contributed by atoms with van der Waals surface area (Å²) in [4.78, 5) is 0. The highest BCUT2D eigenvalue weighted by molar-refractivity contribution is 6.93. The van der Waals surface area contributed by atoms with Crippen molar-refractivity contribution in [3.8, 4) is 0 Å². The molecule has 1 aromatic carbocycles. The van der Waals surface area contributed by atoms with Crippen LogP contribution in [0.4, 0.5) is 0 Å². The lowest BCUT2D eigenvalue weighted by Crippen LogP contribution is -2.53. The van der Waals surface area contributed by atoms with Crippen molar-refractivity contribution in [2.75, 3.05) is 0 Å². The number of hydrogen-bond acceptors (Lipinski definition) is 0. The van der Waals surface area contributed by atoms with Crippen LogP contribution in [0, 0.1) is 5.92 Å². The summed E-state index contributed by atoms with van der Waals surface area (Å²) in [6, 6.07) is 15.0. The largest absolute Gasteiger partial charge is 0.0897 e. The van der Waals surface area contributed by atoms with Gasteiger partial charge in [0.25, 0.3) is 0 Å². The van der Waals surface area contributed by atoms with Gasteiger partial charge in [-0.05, 0) is 11.5 Å². The molecular weight excluding hydrogens is 292 g/mol. The van der Waals surface area contributed by atoms with E-state index in [0.29, 0.717) is 0 Å². The van der Waals surface area contributed by atoms with E-state index in [1.54, 1.807) is 30.1 Å². The average molecular weight is 329 g/mol. The van der Waals surface area contributed by atoms with Crippen LogP contribution < -0.4 is 5.19 Å². The number of hydrogen-bond donors (Lipinski definition) is 0.